The van der Waals surface area contributed by atoms with Gasteiger partial charge in [-0.25, -0.2) is 13.4 Å². The molecule has 26 heavy (non-hydrogen) atoms. The average Bonchev–Trinajstić information content (AvgIpc) is 2.64. The lowest BCUT2D eigenvalue weighted by atomic mass is 9.99. The molecule has 0 aromatic heterocycles. The van der Waals surface area contributed by atoms with Gasteiger partial charge in [-0.2, -0.15) is 4.31 Å². The van der Waals surface area contributed by atoms with E-state index < -0.39 is 10.0 Å². The zero-order valence-electron chi connectivity index (χ0n) is 15.3. The molecule has 2 fully saturated rings. The predicted molar refractivity (Wildman–Crippen MR) is 101 cm³/mol. The van der Waals surface area contributed by atoms with Gasteiger partial charge in [0.1, 0.15) is 0 Å². The van der Waals surface area contributed by atoms with Crippen molar-refractivity contribution in [3.63, 3.8) is 0 Å². The number of amides is 1. The maximum Gasteiger partial charge on any atom is 0.243 e. The summed E-state index contributed by atoms with van der Waals surface area (Å²) >= 11 is 0. The largest absolute Gasteiger partial charge is 0.289 e. The van der Waals surface area contributed by atoms with Gasteiger partial charge in [0.2, 0.25) is 15.9 Å². The number of hydrazine groups is 1. The van der Waals surface area contributed by atoms with Crippen molar-refractivity contribution in [3.8, 4) is 0 Å². The second-order valence-corrected chi connectivity index (χ2v) is 9.18. The lowest BCUT2D eigenvalue weighted by molar-refractivity contribution is -0.131. The Morgan fingerprint density at radius 1 is 0.923 bits per heavy atom. The monoisotopic (exact) mass is 379 g/mol. The minimum absolute atomic E-state index is 0.0430. The highest BCUT2D eigenvalue weighted by Gasteiger charge is 2.33. The number of piperidine rings is 1. The topological polar surface area (TPSA) is 69.7 Å². The quantitative estimate of drug-likeness (QED) is 0.872. The van der Waals surface area contributed by atoms with E-state index in [1.54, 1.807) is 30.3 Å². The highest BCUT2D eigenvalue weighted by atomic mass is 32.2. The Morgan fingerprint density at radius 2 is 1.58 bits per heavy atom. The zero-order chi connectivity index (χ0) is 18.4. The van der Waals surface area contributed by atoms with Crippen LogP contribution >= 0.6 is 0 Å². The molecule has 3 rings (SSSR count). The van der Waals surface area contributed by atoms with Crippen molar-refractivity contribution in [1.82, 2.24) is 14.7 Å². The predicted octanol–water partition coefficient (Wildman–Crippen LogP) is 2.38. The molecular formula is C19H29N3O3S. The summed E-state index contributed by atoms with van der Waals surface area (Å²) in [7, 11) is -3.53. The normalized spacial score (nSPS) is 23.8. The Balaban J connectivity index is 1.61. The van der Waals surface area contributed by atoms with Crippen molar-refractivity contribution in [3.05, 3.63) is 30.3 Å². The third-order valence-corrected chi connectivity index (χ3v) is 7.14. The number of nitrogens with zero attached hydrogens (tertiary/aromatic N) is 2. The maximum absolute atomic E-state index is 12.8. The molecule has 7 heteroatoms. The Hall–Kier alpha value is -1.44. The summed E-state index contributed by atoms with van der Waals surface area (Å²) in [6.07, 6.45) is 7.33. The van der Waals surface area contributed by atoms with Crippen molar-refractivity contribution < 1.29 is 13.2 Å². The molecule has 1 atom stereocenters. The summed E-state index contributed by atoms with van der Waals surface area (Å²) in [5, 5.41) is 2.02. The number of nitrogens with one attached hydrogen (secondary N) is 1. The van der Waals surface area contributed by atoms with Gasteiger partial charge in [0.15, 0.2) is 0 Å². The fourth-order valence-electron chi connectivity index (χ4n) is 3.72. The Morgan fingerprint density at radius 3 is 2.27 bits per heavy atom. The molecule has 6 nitrogen and oxygen atoms in total. The van der Waals surface area contributed by atoms with Gasteiger partial charge in [-0.05, 0) is 37.8 Å². The number of carbonyl (C=O) groups is 1. The van der Waals surface area contributed by atoms with Crippen LogP contribution in [0.1, 0.15) is 44.9 Å². The van der Waals surface area contributed by atoms with Crippen LogP contribution < -0.4 is 5.43 Å². The molecular weight excluding hydrogens is 350 g/mol. The maximum atomic E-state index is 12.8. The highest BCUT2D eigenvalue weighted by molar-refractivity contribution is 7.89. The second-order valence-electron chi connectivity index (χ2n) is 7.25. The fourth-order valence-corrected chi connectivity index (χ4v) is 5.27. The van der Waals surface area contributed by atoms with Crippen LogP contribution in [0.2, 0.25) is 0 Å². The van der Waals surface area contributed by atoms with E-state index in [0.29, 0.717) is 17.9 Å². The van der Waals surface area contributed by atoms with Crippen LogP contribution in [-0.4, -0.2) is 49.8 Å². The average molecular weight is 380 g/mol. The number of sulfonamides is 1. The van der Waals surface area contributed by atoms with Crippen LogP contribution in [0.25, 0.3) is 0 Å². The third-order valence-electron chi connectivity index (χ3n) is 5.26. The molecule has 0 bridgehead atoms. The number of hydrogen-bond donors (Lipinski definition) is 1. The first-order valence-electron chi connectivity index (χ1n) is 9.68. The first kappa shape index (κ1) is 19.3. The molecule has 0 saturated carbocycles. The number of rotatable bonds is 4. The van der Waals surface area contributed by atoms with E-state index in [1.807, 2.05) is 5.01 Å². The lowest BCUT2D eigenvalue weighted by Crippen LogP contribution is -2.50. The van der Waals surface area contributed by atoms with Crippen molar-refractivity contribution in [2.24, 2.45) is 5.92 Å². The Labute approximate surface area is 156 Å². The van der Waals surface area contributed by atoms with Gasteiger partial charge in [-0.15, -0.1) is 0 Å². The van der Waals surface area contributed by atoms with E-state index in [9.17, 15) is 13.2 Å². The molecule has 0 radical (unpaired) electrons. The van der Waals surface area contributed by atoms with Crippen LogP contribution in [0.15, 0.2) is 35.2 Å². The van der Waals surface area contributed by atoms with E-state index in [2.05, 4.69) is 5.43 Å². The molecule has 2 aliphatic heterocycles. The minimum atomic E-state index is -3.53. The molecule has 0 spiro atoms. The van der Waals surface area contributed by atoms with Gasteiger partial charge in [0.05, 0.1) is 10.8 Å². The van der Waals surface area contributed by atoms with Crippen molar-refractivity contribution in [2.75, 3.05) is 26.2 Å². The molecule has 0 aliphatic carbocycles. The summed E-state index contributed by atoms with van der Waals surface area (Å²) in [5.41, 5.74) is 3.04. The molecule has 1 aromatic rings. The molecule has 2 heterocycles. The molecule has 2 saturated heterocycles. The number of carbonyl (C=O) groups excluding carboxylic acids is 1. The minimum Gasteiger partial charge on any atom is -0.289 e. The van der Waals surface area contributed by atoms with Gasteiger partial charge < -0.3 is 0 Å². The standard InChI is InChI=1S/C19H29N3O3S/c23-19(20-21-13-7-2-1-3-8-14-21)17-10-9-15-22(16-17)26(24,25)18-11-5-4-6-12-18/h4-6,11-12,17H,1-3,7-10,13-16H2,(H,20,23). The molecule has 1 unspecified atom stereocenters. The van der Waals surface area contributed by atoms with Crippen molar-refractivity contribution >= 4 is 15.9 Å². The summed E-state index contributed by atoms with van der Waals surface area (Å²) < 4.78 is 27.1. The summed E-state index contributed by atoms with van der Waals surface area (Å²) in [6, 6.07) is 8.47. The van der Waals surface area contributed by atoms with Crippen LogP contribution in [0, 0.1) is 5.92 Å². The van der Waals surface area contributed by atoms with Gasteiger partial charge in [-0.3, -0.25) is 10.2 Å². The van der Waals surface area contributed by atoms with Gasteiger partial charge >= 0.3 is 0 Å². The molecule has 1 N–H and O–H groups in total. The number of benzene rings is 1. The van der Waals surface area contributed by atoms with E-state index in [1.165, 1.54) is 23.6 Å². The van der Waals surface area contributed by atoms with Gasteiger partial charge in [-0.1, -0.05) is 37.5 Å². The summed E-state index contributed by atoms with van der Waals surface area (Å²) in [5.74, 6) is -0.328. The zero-order valence-corrected chi connectivity index (χ0v) is 16.1. The molecule has 144 valence electrons. The third kappa shape index (κ3) is 4.84. The molecule has 1 amide bonds. The van der Waals surface area contributed by atoms with Gasteiger partial charge in [0.25, 0.3) is 0 Å². The van der Waals surface area contributed by atoms with E-state index in [4.69, 9.17) is 0 Å². The number of hydrogen-bond acceptors (Lipinski definition) is 4. The highest BCUT2D eigenvalue weighted by Crippen LogP contribution is 2.24. The van der Waals surface area contributed by atoms with E-state index in [-0.39, 0.29) is 18.4 Å². The summed E-state index contributed by atoms with van der Waals surface area (Å²) in [6.45, 7) is 2.50. The van der Waals surface area contributed by atoms with E-state index >= 15 is 0 Å². The Bertz CT molecular complexity index is 685. The lowest BCUT2D eigenvalue weighted by Gasteiger charge is -2.33. The van der Waals surface area contributed by atoms with Crippen LogP contribution in [0.5, 0.6) is 0 Å². The molecule has 1 aromatic carbocycles. The SMILES string of the molecule is O=C(NN1CCCCCCC1)C1CCCN(S(=O)(=O)c2ccccc2)C1. The smallest absolute Gasteiger partial charge is 0.243 e. The van der Waals surface area contributed by atoms with Gasteiger partial charge in [0, 0.05) is 26.2 Å². The van der Waals surface area contributed by atoms with Crippen LogP contribution in [0.3, 0.4) is 0 Å². The van der Waals surface area contributed by atoms with Crippen molar-refractivity contribution in [1.29, 1.82) is 0 Å². The van der Waals surface area contributed by atoms with Crippen molar-refractivity contribution in [2.45, 2.75) is 49.8 Å². The van der Waals surface area contributed by atoms with E-state index in [0.717, 1.165) is 32.4 Å². The summed E-state index contributed by atoms with van der Waals surface area (Å²) in [4.78, 5) is 13.0. The molecule has 2 aliphatic rings. The van der Waals surface area contributed by atoms with Crippen LogP contribution in [-0.2, 0) is 14.8 Å². The van der Waals surface area contributed by atoms with Crippen LogP contribution in [0.4, 0.5) is 0 Å². The first-order chi connectivity index (χ1) is 12.6. The fraction of sp³-hybridized carbons (Fsp3) is 0.632. The first-order valence-corrected chi connectivity index (χ1v) is 11.1. The Kier molecular flexibility index (Phi) is 6.67. The second kappa shape index (κ2) is 8.97.